The first-order chi connectivity index (χ1) is 17.6. The largest absolute Gasteiger partial charge is 0.497 e. The highest BCUT2D eigenvalue weighted by Crippen LogP contribution is 2.26. The van der Waals surface area contributed by atoms with Gasteiger partial charge in [-0.1, -0.05) is 35.5 Å². The summed E-state index contributed by atoms with van der Waals surface area (Å²) in [6, 6.07) is 23.2. The van der Waals surface area contributed by atoms with Crippen molar-refractivity contribution in [3.05, 3.63) is 114 Å². The molecule has 0 atom stereocenters. The zero-order valence-electron chi connectivity index (χ0n) is 19.5. The normalized spacial score (nSPS) is 10.8. The third-order valence-corrected chi connectivity index (χ3v) is 5.62. The van der Waals surface area contributed by atoms with Gasteiger partial charge in [0.2, 0.25) is 0 Å². The summed E-state index contributed by atoms with van der Waals surface area (Å²) in [7, 11) is 1.61. The van der Waals surface area contributed by atoms with E-state index in [2.05, 4.69) is 15.6 Å². The van der Waals surface area contributed by atoms with Crippen LogP contribution < -0.4 is 10.1 Å². The maximum Gasteiger partial charge on any atom is 0.255 e. The van der Waals surface area contributed by atoms with Crippen molar-refractivity contribution < 1.29 is 13.9 Å². The maximum atomic E-state index is 13.2. The van der Waals surface area contributed by atoms with Gasteiger partial charge in [0, 0.05) is 11.8 Å². The molecule has 0 saturated carbocycles. The Morgan fingerprint density at radius 2 is 1.72 bits per heavy atom. The number of carbonyl (C=O) groups excluding carboxylic acids is 1. The minimum absolute atomic E-state index is 0.195. The third-order valence-electron chi connectivity index (χ3n) is 5.62. The molecule has 5 rings (SSSR count). The Morgan fingerprint density at radius 3 is 2.44 bits per heavy atom. The Hall–Kier alpha value is -4.79. The van der Waals surface area contributed by atoms with Crippen molar-refractivity contribution in [3.8, 4) is 22.7 Å². The van der Waals surface area contributed by atoms with Gasteiger partial charge in [-0.05, 0) is 54.1 Å². The molecule has 2 heterocycles. The number of aromatic nitrogens is 5. The van der Waals surface area contributed by atoms with Gasteiger partial charge in [-0.15, -0.1) is 5.10 Å². The van der Waals surface area contributed by atoms with Crippen molar-refractivity contribution in [1.29, 1.82) is 0 Å². The zero-order chi connectivity index (χ0) is 24.9. The van der Waals surface area contributed by atoms with Crippen LogP contribution in [0.25, 0.3) is 16.9 Å². The number of para-hydroxylation sites is 1. The number of nitrogens with one attached hydrogen (secondary N) is 1. The van der Waals surface area contributed by atoms with E-state index in [1.807, 2.05) is 54.6 Å². The highest BCUT2D eigenvalue weighted by Gasteiger charge is 2.19. The fourth-order valence-electron chi connectivity index (χ4n) is 3.75. The summed E-state index contributed by atoms with van der Waals surface area (Å²) in [6.07, 6.45) is 3.47. The molecule has 1 amide bonds. The molecule has 0 radical (unpaired) electrons. The van der Waals surface area contributed by atoms with E-state index < -0.39 is 0 Å². The minimum atomic E-state index is -0.287. The average Bonchev–Trinajstić information content (AvgIpc) is 3.57. The number of ether oxygens (including phenoxy) is 1. The Kier molecular flexibility index (Phi) is 6.53. The van der Waals surface area contributed by atoms with Crippen LogP contribution in [0.2, 0.25) is 0 Å². The lowest BCUT2D eigenvalue weighted by atomic mass is 10.1. The number of amides is 1. The van der Waals surface area contributed by atoms with Gasteiger partial charge < -0.3 is 10.1 Å². The second-order valence-electron chi connectivity index (χ2n) is 8.12. The monoisotopic (exact) mass is 482 g/mol. The number of carbonyl (C=O) groups is 1. The Bertz CT molecular complexity index is 1460. The Labute approximate surface area is 207 Å². The van der Waals surface area contributed by atoms with E-state index >= 15 is 0 Å². The quantitative estimate of drug-likeness (QED) is 0.357. The second-order valence-corrected chi connectivity index (χ2v) is 8.12. The van der Waals surface area contributed by atoms with Gasteiger partial charge >= 0.3 is 0 Å². The van der Waals surface area contributed by atoms with Crippen LogP contribution in [0, 0.1) is 5.82 Å². The summed E-state index contributed by atoms with van der Waals surface area (Å²) in [6.45, 7) is 0.646. The lowest BCUT2D eigenvalue weighted by Crippen LogP contribution is -2.23. The predicted molar refractivity (Wildman–Crippen MR) is 132 cm³/mol. The van der Waals surface area contributed by atoms with Gasteiger partial charge in [0.05, 0.1) is 37.6 Å². The molecule has 0 unspecified atom stereocenters. The zero-order valence-corrected chi connectivity index (χ0v) is 19.5. The van der Waals surface area contributed by atoms with Gasteiger partial charge in [0.1, 0.15) is 23.0 Å². The molecule has 180 valence electrons. The molecule has 3 aromatic carbocycles. The molecule has 0 fully saturated rings. The van der Waals surface area contributed by atoms with Gasteiger partial charge in [-0.3, -0.25) is 4.79 Å². The van der Waals surface area contributed by atoms with Crippen molar-refractivity contribution in [2.24, 2.45) is 0 Å². The van der Waals surface area contributed by atoms with Crippen molar-refractivity contribution in [2.45, 2.75) is 13.1 Å². The maximum absolute atomic E-state index is 13.2. The van der Waals surface area contributed by atoms with E-state index in [1.165, 1.54) is 12.1 Å². The van der Waals surface area contributed by atoms with E-state index in [-0.39, 0.29) is 18.3 Å². The fourth-order valence-corrected chi connectivity index (χ4v) is 3.75. The third kappa shape index (κ3) is 5.15. The molecule has 9 heteroatoms. The molecule has 0 aliphatic rings. The molecule has 0 aliphatic carbocycles. The number of methoxy groups -OCH3 is 1. The van der Waals surface area contributed by atoms with Crippen LogP contribution in [0.4, 0.5) is 4.39 Å². The number of benzene rings is 3. The number of nitrogens with zero attached hydrogens (tertiary/aromatic N) is 5. The number of halogens is 1. The second kappa shape index (κ2) is 10.2. The minimum Gasteiger partial charge on any atom is -0.497 e. The molecule has 1 N–H and O–H groups in total. The van der Waals surface area contributed by atoms with Crippen molar-refractivity contribution in [2.75, 3.05) is 7.11 Å². The lowest BCUT2D eigenvalue weighted by molar-refractivity contribution is 0.0951. The summed E-state index contributed by atoms with van der Waals surface area (Å²) in [5, 5.41) is 15.9. The van der Waals surface area contributed by atoms with Gasteiger partial charge in [0.25, 0.3) is 5.91 Å². The fraction of sp³-hybridized carbons (Fsp3) is 0.111. The van der Waals surface area contributed by atoms with Crippen LogP contribution in [0.5, 0.6) is 5.75 Å². The lowest BCUT2D eigenvalue weighted by Gasteiger charge is -2.05. The molecular weight excluding hydrogens is 459 g/mol. The van der Waals surface area contributed by atoms with Crippen LogP contribution in [0.1, 0.15) is 21.6 Å². The molecule has 0 bridgehead atoms. The van der Waals surface area contributed by atoms with Gasteiger partial charge in [0.15, 0.2) is 0 Å². The van der Waals surface area contributed by atoms with Crippen LogP contribution >= 0.6 is 0 Å². The van der Waals surface area contributed by atoms with Crippen molar-refractivity contribution >= 4 is 5.91 Å². The Morgan fingerprint density at radius 1 is 0.972 bits per heavy atom. The Balaban J connectivity index is 1.34. The summed E-state index contributed by atoms with van der Waals surface area (Å²) < 4.78 is 21.7. The van der Waals surface area contributed by atoms with E-state index in [0.29, 0.717) is 23.5 Å². The molecular formula is C27H23FN6O2. The highest BCUT2D eigenvalue weighted by molar-refractivity contribution is 5.99. The standard InChI is InChI=1S/C27H23FN6O2/c1-36-24-13-9-20(10-14-24)26-25(18-34(31-26)23-5-3-2-4-6-23)27(35)29-15-22-17-33(32-30-22)16-19-7-11-21(28)12-8-19/h2-14,17-18H,15-16H2,1H3,(H,29,35). The molecule has 0 aliphatic heterocycles. The van der Waals surface area contributed by atoms with Crippen molar-refractivity contribution in [1.82, 2.24) is 30.1 Å². The molecule has 0 spiro atoms. The van der Waals surface area contributed by atoms with Crippen LogP contribution in [0.15, 0.2) is 91.3 Å². The topological polar surface area (TPSA) is 86.9 Å². The highest BCUT2D eigenvalue weighted by atomic mass is 19.1. The van der Waals surface area contributed by atoms with E-state index in [4.69, 9.17) is 9.84 Å². The van der Waals surface area contributed by atoms with Crippen LogP contribution in [-0.4, -0.2) is 37.8 Å². The van der Waals surface area contributed by atoms with Crippen LogP contribution in [0.3, 0.4) is 0 Å². The van der Waals surface area contributed by atoms with E-state index in [9.17, 15) is 9.18 Å². The SMILES string of the molecule is COc1ccc(-c2nn(-c3ccccc3)cc2C(=O)NCc2cn(Cc3ccc(F)cc3)nn2)cc1. The summed E-state index contributed by atoms with van der Waals surface area (Å²) >= 11 is 0. The van der Waals surface area contributed by atoms with Gasteiger partial charge in [-0.25, -0.2) is 13.8 Å². The summed E-state index contributed by atoms with van der Waals surface area (Å²) in [5.41, 5.74) is 4.12. The van der Waals surface area contributed by atoms with Crippen LogP contribution in [-0.2, 0) is 13.1 Å². The smallest absolute Gasteiger partial charge is 0.255 e. The molecule has 8 nitrogen and oxygen atoms in total. The molecule has 0 saturated heterocycles. The molecule has 2 aromatic heterocycles. The number of hydrogen-bond acceptors (Lipinski definition) is 5. The average molecular weight is 483 g/mol. The number of rotatable bonds is 8. The first-order valence-corrected chi connectivity index (χ1v) is 11.3. The van der Waals surface area contributed by atoms with E-state index in [1.54, 1.807) is 41.0 Å². The molecule has 5 aromatic rings. The first kappa shape index (κ1) is 23.0. The first-order valence-electron chi connectivity index (χ1n) is 11.3. The van der Waals surface area contributed by atoms with Crippen molar-refractivity contribution in [3.63, 3.8) is 0 Å². The number of hydrogen-bond donors (Lipinski definition) is 1. The summed E-state index contributed by atoms with van der Waals surface area (Å²) in [5.74, 6) is 0.150. The summed E-state index contributed by atoms with van der Waals surface area (Å²) in [4.78, 5) is 13.2. The molecule has 36 heavy (non-hydrogen) atoms. The van der Waals surface area contributed by atoms with Gasteiger partial charge in [-0.2, -0.15) is 5.10 Å². The van der Waals surface area contributed by atoms with E-state index in [0.717, 1.165) is 22.6 Å². The predicted octanol–water partition coefficient (Wildman–Crippen LogP) is 4.26.